The molecule has 0 saturated heterocycles. The smallest absolute Gasteiger partial charge is 0.418 e. The molecule has 2 aromatic rings. The standard InChI is InChI=1S/C20H16F3NO4/c1-12(25)15(11-13-7-9-14(10-8-13)19(27)28-2)18(26)24-17-6-4-3-5-16(17)20(21,22)23/h3-11H,1-2H3,(H,24,26)/b15-11+. The summed E-state index contributed by atoms with van der Waals surface area (Å²) in [6.45, 7) is 1.13. The van der Waals surface area contributed by atoms with Gasteiger partial charge in [0.05, 0.1) is 29.5 Å². The van der Waals surface area contributed by atoms with E-state index in [4.69, 9.17) is 0 Å². The Kier molecular flexibility index (Phi) is 6.35. The third-order valence-electron chi connectivity index (χ3n) is 3.75. The number of amides is 1. The zero-order chi connectivity index (χ0) is 20.9. The van der Waals surface area contributed by atoms with Crippen LogP contribution in [0.3, 0.4) is 0 Å². The molecule has 1 N–H and O–H groups in total. The molecule has 0 radical (unpaired) electrons. The number of esters is 1. The Bertz CT molecular complexity index is 931. The fourth-order valence-electron chi connectivity index (χ4n) is 2.36. The monoisotopic (exact) mass is 391 g/mol. The van der Waals surface area contributed by atoms with Crippen LogP contribution in [0.4, 0.5) is 18.9 Å². The molecule has 0 aliphatic rings. The van der Waals surface area contributed by atoms with Gasteiger partial charge in [-0.3, -0.25) is 9.59 Å². The summed E-state index contributed by atoms with van der Waals surface area (Å²) in [6.07, 6.45) is -3.43. The third kappa shape index (κ3) is 5.06. The summed E-state index contributed by atoms with van der Waals surface area (Å²) in [6, 6.07) is 10.3. The second-order valence-electron chi connectivity index (χ2n) is 5.73. The number of halogens is 3. The van der Waals surface area contributed by atoms with E-state index < -0.39 is 35.1 Å². The third-order valence-corrected chi connectivity index (χ3v) is 3.75. The maximum Gasteiger partial charge on any atom is 0.418 e. The number of hydrogen-bond acceptors (Lipinski definition) is 4. The first-order valence-electron chi connectivity index (χ1n) is 8.02. The number of ketones is 1. The van der Waals surface area contributed by atoms with E-state index in [0.29, 0.717) is 5.56 Å². The highest BCUT2D eigenvalue weighted by Gasteiger charge is 2.33. The fourth-order valence-corrected chi connectivity index (χ4v) is 2.36. The van der Waals surface area contributed by atoms with Crippen molar-refractivity contribution in [3.05, 3.63) is 70.8 Å². The lowest BCUT2D eigenvalue weighted by Crippen LogP contribution is -2.21. The van der Waals surface area contributed by atoms with Crippen molar-refractivity contribution in [2.24, 2.45) is 0 Å². The molecule has 8 heteroatoms. The van der Waals surface area contributed by atoms with Crippen LogP contribution in [-0.4, -0.2) is 24.8 Å². The minimum absolute atomic E-state index is 0.271. The number of carbonyl (C=O) groups is 3. The van der Waals surface area contributed by atoms with Gasteiger partial charge in [-0.25, -0.2) is 4.79 Å². The molecule has 0 aliphatic heterocycles. The van der Waals surface area contributed by atoms with Gasteiger partial charge in [0.2, 0.25) is 0 Å². The van der Waals surface area contributed by atoms with Crippen LogP contribution < -0.4 is 5.32 Å². The summed E-state index contributed by atoms with van der Waals surface area (Å²) < 4.78 is 43.8. The maximum atomic E-state index is 13.1. The number of nitrogens with one attached hydrogen (secondary N) is 1. The molecule has 0 saturated carbocycles. The van der Waals surface area contributed by atoms with Crippen LogP contribution in [0.2, 0.25) is 0 Å². The maximum absolute atomic E-state index is 13.1. The van der Waals surface area contributed by atoms with E-state index in [9.17, 15) is 27.6 Å². The van der Waals surface area contributed by atoms with Crippen molar-refractivity contribution in [2.45, 2.75) is 13.1 Å². The van der Waals surface area contributed by atoms with Crippen LogP contribution in [0, 0.1) is 0 Å². The van der Waals surface area contributed by atoms with Crippen molar-refractivity contribution < 1.29 is 32.3 Å². The van der Waals surface area contributed by atoms with Gasteiger partial charge in [-0.1, -0.05) is 24.3 Å². The largest absolute Gasteiger partial charge is 0.465 e. The Hall–Kier alpha value is -3.42. The topological polar surface area (TPSA) is 72.5 Å². The average Bonchev–Trinajstić information content (AvgIpc) is 2.65. The molecule has 0 atom stereocenters. The molecule has 5 nitrogen and oxygen atoms in total. The number of hydrogen-bond donors (Lipinski definition) is 1. The Labute approximate surface area is 158 Å². The summed E-state index contributed by atoms with van der Waals surface area (Å²) >= 11 is 0. The van der Waals surface area contributed by atoms with Crippen molar-refractivity contribution in [1.29, 1.82) is 0 Å². The molecule has 0 spiro atoms. The number of ether oxygens (including phenoxy) is 1. The van der Waals surface area contributed by atoms with E-state index in [1.54, 1.807) is 0 Å². The summed E-state index contributed by atoms with van der Waals surface area (Å²) in [7, 11) is 1.23. The Morgan fingerprint density at radius 1 is 1.00 bits per heavy atom. The number of benzene rings is 2. The normalized spacial score (nSPS) is 11.7. The van der Waals surface area contributed by atoms with E-state index >= 15 is 0 Å². The molecule has 0 aliphatic carbocycles. The average molecular weight is 391 g/mol. The van der Waals surface area contributed by atoms with E-state index in [2.05, 4.69) is 10.1 Å². The van der Waals surface area contributed by atoms with Gasteiger partial charge in [0.25, 0.3) is 5.91 Å². The lowest BCUT2D eigenvalue weighted by atomic mass is 10.0. The Balaban J connectivity index is 2.32. The molecule has 0 aromatic heterocycles. The van der Waals surface area contributed by atoms with Gasteiger partial charge in [0, 0.05) is 0 Å². The zero-order valence-corrected chi connectivity index (χ0v) is 15.0. The van der Waals surface area contributed by atoms with Crippen LogP contribution in [0.5, 0.6) is 0 Å². The van der Waals surface area contributed by atoms with E-state index in [1.165, 1.54) is 49.6 Å². The van der Waals surface area contributed by atoms with Crippen molar-refractivity contribution >= 4 is 29.4 Å². The molecule has 0 bridgehead atoms. The predicted molar refractivity (Wildman–Crippen MR) is 96.5 cm³/mol. The van der Waals surface area contributed by atoms with E-state index in [-0.39, 0.29) is 11.1 Å². The number of Topliss-reactive ketones (excluding diaryl/α,β-unsaturated/α-hetero) is 1. The van der Waals surface area contributed by atoms with Gasteiger partial charge < -0.3 is 10.1 Å². The highest BCUT2D eigenvalue weighted by molar-refractivity contribution is 6.25. The first kappa shape index (κ1) is 20.9. The SMILES string of the molecule is COC(=O)c1ccc(/C=C(\C(C)=O)C(=O)Nc2ccccc2C(F)(F)F)cc1. The Morgan fingerprint density at radius 2 is 1.61 bits per heavy atom. The fraction of sp³-hybridized carbons (Fsp3) is 0.150. The van der Waals surface area contributed by atoms with Crippen molar-refractivity contribution in [3.63, 3.8) is 0 Å². The van der Waals surface area contributed by atoms with Crippen LogP contribution in [-0.2, 0) is 20.5 Å². The van der Waals surface area contributed by atoms with Gasteiger partial charge in [0.15, 0.2) is 5.78 Å². The molecule has 2 aromatic carbocycles. The van der Waals surface area contributed by atoms with Crippen LogP contribution in [0.15, 0.2) is 54.1 Å². The second-order valence-corrected chi connectivity index (χ2v) is 5.73. The molecule has 146 valence electrons. The van der Waals surface area contributed by atoms with Gasteiger partial charge in [0.1, 0.15) is 0 Å². The van der Waals surface area contributed by atoms with Gasteiger partial charge in [-0.15, -0.1) is 0 Å². The zero-order valence-electron chi connectivity index (χ0n) is 15.0. The van der Waals surface area contributed by atoms with Crippen molar-refractivity contribution in [3.8, 4) is 0 Å². The quantitative estimate of drug-likeness (QED) is 0.360. The minimum atomic E-state index is -4.66. The van der Waals surface area contributed by atoms with E-state index in [1.807, 2.05) is 0 Å². The molecule has 1 amide bonds. The highest BCUT2D eigenvalue weighted by atomic mass is 19.4. The molecule has 0 heterocycles. The van der Waals surface area contributed by atoms with Gasteiger partial charge >= 0.3 is 12.1 Å². The van der Waals surface area contributed by atoms with Crippen molar-refractivity contribution in [2.75, 3.05) is 12.4 Å². The lowest BCUT2D eigenvalue weighted by molar-refractivity contribution is -0.137. The van der Waals surface area contributed by atoms with Crippen LogP contribution >= 0.6 is 0 Å². The Morgan fingerprint density at radius 3 is 2.14 bits per heavy atom. The molecule has 0 fully saturated rings. The first-order valence-corrected chi connectivity index (χ1v) is 8.02. The predicted octanol–water partition coefficient (Wildman–Crippen LogP) is 4.10. The number of anilines is 1. The summed E-state index contributed by atoms with van der Waals surface area (Å²) in [5, 5.41) is 2.14. The molecule has 0 unspecified atom stereocenters. The van der Waals surface area contributed by atoms with Crippen LogP contribution in [0.1, 0.15) is 28.4 Å². The lowest BCUT2D eigenvalue weighted by Gasteiger charge is -2.14. The minimum Gasteiger partial charge on any atom is -0.465 e. The van der Waals surface area contributed by atoms with Crippen LogP contribution in [0.25, 0.3) is 6.08 Å². The summed E-state index contributed by atoms with van der Waals surface area (Å²) in [5.74, 6) is -2.15. The number of alkyl halides is 3. The van der Waals surface area contributed by atoms with Crippen molar-refractivity contribution in [1.82, 2.24) is 0 Å². The molecule has 28 heavy (non-hydrogen) atoms. The highest BCUT2D eigenvalue weighted by Crippen LogP contribution is 2.34. The first-order chi connectivity index (χ1) is 13.1. The summed E-state index contributed by atoms with van der Waals surface area (Å²) in [4.78, 5) is 35.7. The molecular formula is C20H16F3NO4. The molecular weight excluding hydrogens is 375 g/mol. The summed E-state index contributed by atoms with van der Waals surface area (Å²) in [5.41, 5.74) is -1.12. The number of carbonyl (C=O) groups excluding carboxylic acids is 3. The van der Waals surface area contributed by atoms with Gasteiger partial charge in [-0.2, -0.15) is 13.2 Å². The van der Waals surface area contributed by atoms with Gasteiger partial charge in [-0.05, 0) is 42.8 Å². The second kappa shape index (κ2) is 8.51. The van der Waals surface area contributed by atoms with E-state index in [0.717, 1.165) is 19.1 Å². The number of methoxy groups -OCH3 is 1. The molecule has 2 rings (SSSR count). The number of rotatable bonds is 5. The number of para-hydroxylation sites is 1.